The van der Waals surface area contributed by atoms with Gasteiger partial charge in [-0.1, -0.05) is 30.3 Å². The first-order valence-electron chi connectivity index (χ1n) is 9.77. The summed E-state index contributed by atoms with van der Waals surface area (Å²) in [5.41, 5.74) is 0.994. The van der Waals surface area contributed by atoms with E-state index in [0.29, 0.717) is 12.4 Å². The Morgan fingerprint density at radius 3 is 2.89 bits per heavy atom. The number of likely N-dealkylation sites (tertiary alicyclic amines) is 1. The average Bonchev–Trinajstić information content (AvgIpc) is 3.20. The van der Waals surface area contributed by atoms with Crippen molar-refractivity contribution in [1.82, 2.24) is 20.2 Å². The average molecular weight is 375 g/mol. The molecule has 0 aliphatic carbocycles. The molecule has 3 heterocycles. The van der Waals surface area contributed by atoms with Crippen LogP contribution in [-0.4, -0.2) is 46.6 Å². The van der Waals surface area contributed by atoms with E-state index in [1.807, 2.05) is 42.6 Å². The van der Waals surface area contributed by atoms with E-state index in [0.717, 1.165) is 43.1 Å². The fourth-order valence-corrected chi connectivity index (χ4v) is 3.49. The number of fused-ring (bicyclic) bond motifs is 1. The predicted octanol–water partition coefficient (Wildman–Crippen LogP) is 3.25. The largest absolute Gasteiger partial charge is 0.472 e. The Morgan fingerprint density at radius 1 is 1.14 bits per heavy atom. The number of guanidine groups is 1. The molecule has 0 radical (unpaired) electrons. The number of rotatable bonds is 5. The van der Waals surface area contributed by atoms with E-state index < -0.39 is 0 Å². The van der Waals surface area contributed by atoms with Gasteiger partial charge in [-0.15, -0.1) is 0 Å². The van der Waals surface area contributed by atoms with Gasteiger partial charge < -0.3 is 15.0 Å². The second kappa shape index (κ2) is 8.69. The Kier molecular flexibility index (Phi) is 5.66. The second-order valence-electron chi connectivity index (χ2n) is 6.79. The molecule has 28 heavy (non-hydrogen) atoms. The highest BCUT2D eigenvalue weighted by Crippen LogP contribution is 2.19. The van der Waals surface area contributed by atoms with Gasteiger partial charge in [-0.05, 0) is 24.4 Å². The minimum absolute atomic E-state index is 0.120. The highest BCUT2D eigenvalue weighted by molar-refractivity contribution is 5.85. The fraction of sp³-hybridized carbons (Fsp3) is 0.318. The number of hydrogen-bond acceptors (Lipinski definition) is 4. The van der Waals surface area contributed by atoms with Crippen LogP contribution in [0.4, 0.5) is 0 Å². The molecule has 1 saturated heterocycles. The van der Waals surface area contributed by atoms with E-state index in [2.05, 4.69) is 39.2 Å². The van der Waals surface area contributed by atoms with Gasteiger partial charge in [-0.25, -0.2) is 9.98 Å². The van der Waals surface area contributed by atoms with E-state index in [1.165, 1.54) is 5.39 Å². The highest BCUT2D eigenvalue weighted by atomic mass is 16.5. The molecule has 0 saturated carbocycles. The summed E-state index contributed by atoms with van der Waals surface area (Å²) < 4.78 is 6.01. The maximum absolute atomic E-state index is 6.01. The maximum Gasteiger partial charge on any atom is 0.213 e. The molecule has 4 rings (SSSR count). The van der Waals surface area contributed by atoms with Crippen molar-refractivity contribution in [2.75, 3.05) is 19.6 Å². The molecular weight excluding hydrogens is 350 g/mol. The Bertz CT molecular complexity index is 939. The Labute approximate surface area is 165 Å². The van der Waals surface area contributed by atoms with Gasteiger partial charge in [-0.3, -0.25) is 4.98 Å². The van der Waals surface area contributed by atoms with Crippen LogP contribution in [0, 0.1) is 0 Å². The van der Waals surface area contributed by atoms with Gasteiger partial charge in [0.05, 0.1) is 18.8 Å². The number of hydrogen-bond donors (Lipinski definition) is 1. The van der Waals surface area contributed by atoms with E-state index in [-0.39, 0.29) is 6.10 Å². The van der Waals surface area contributed by atoms with Crippen LogP contribution >= 0.6 is 0 Å². The van der Waals surface area contributed by atoms with Crippen molar-refractivity contribution in [2.24, 2.45) is 4.99 Å². The molecule has 0 spiro atoms. The zero-order valence-electron chi connectivity index (χ0n) is 16.1. The number of nitrogens with zero attached hydrogens (tertiary/aromatic N) is 4. The minimum Gasteiger partial charge on any atom is -0.472 e. The highest BCUT2D eigenvalue weighted by Gasteiger charge is 2.26. The molecule has 3 aromatic rings. The van der Waals surface area contributed by atoms with Gasteiger partial charge in [0.15, 0.2) is 5.96 Å². The molecule has 144 valence electrons. The van der Waals surface area contributed by atoms with Gasteiger partial charge in [0.25, 0.3) is 0 Å². The SMILES string of the molecule is CCNC(=NCc1nccc2ccccc12)N1CCC(Oc2ccccn2)C1. The third kappa shape index (κ3) is 4.22. The lowest BCUT2D eigenvalue weighted by atomic mass is 10.1. The molecular formula is C22H25N5O. The third-order valence-corrected chi connectivity index (χ3v) is 4.84. The summed E-state index contributed by atoms with van der Waals surface area (Å²) >= 11 is 0. The van der Waals surface area contributed by atoms with Crippen molar-refractivity contribution in [3.05, 3.63) is 66.6 Å². The van der Waals surface area contributed by atoms with E-state index in [4.69, 9.17) is 9.73 Å². The summed E-state index contributed by atoms with van der Waals surface area (Å²) in [4.78, 5) is 15.9. The number of aromatic nitrogens is 2. The molecule has 1 unspecified atom stereocenters. The van der Waals surface area contributed by atoms with Gasteiger partial charge in [-0.2, -0.15) is 0 Å². The summed E-state index contributed by atoms with van der Waals surface area (Å²) in [6.07, 6.45) is 4.68. The van der Waals surface area contributed by atoms with Crippen LogP contribution in [-0.2, 0) is 6.54 Å². The summed E-state index contributed by atoms with van der Waals surface area (Å²) in [7, 11) is 0. The molecule has 0 amide bonds. The van der Waals surface area contributed by atoms with Crippen molar-refractivity contribution in [3.63, 3.8) is 0 Å². The molecule has 2 aromatic heterocycles. The first kappa shape index (κ1) is 18.2. The third-order valence-electron chi connectivity index (χ3n) is 4.84. The number of nitrogens with one attached hydrogen (secondary N) is 1. The molecule has 1 fully saturated rings. The van der Waals surface area contributed by atoms with Gasteiger partial charge in [0.2, 0.25) is 5.88 Å². The topological polar surface area (TPSA) is 62.6 Å². The van der Waals surface area contributed by atoms with E-state index in [9.17, 15) is 0 Å². The number of pyridine rings is 2. The quantitative estimate of drug-likeness (QED) is 0.548. The van der Waals surface area contributed by atoms with Crippen LogP contribution in [0.25, 0.3) is 10.8 Å². The molecule has 1 aliphatic heterocycles. The lowest BCUT2D eigenvalue weighted by Crippen LogP contribution is -2.41. The van der Waals surface area contributed by atoms with Crippen LogP contribution in [0.15, 0.2) is 65.9 Å². The Hall–Kier alpha value is -3.15. The second-order valence-corrected chi connectivity index (χ2v) is 6.79. The van der Waals surface area contributed by atoms with Crippen molar-refractivity contribution >= 4 is 16.7 Å². The molecule has 1 aromatic carbocycles. The first-order chi connectivity index (χ1) is 13.8. The van der Waals surface area contributed by atoms with Crippen molar-refractivity contribution < 1.29 is 4.74 Å². The van der Waals surface area contributed by atoms with Crippen LogP contribution in [0.2, 0.25) is 0 Å². The molecule has 1 aliphatic rings. The fourth-order valence-electron chi connectivity index (χ4n) is 3.49. The van der Waals surface area contributed by atoms with Crippen LogP contribution < -0.4 is 10.1 Å². The van der Waals surface area contributed by atoms with Gasteiger partial charge >= 0.3 is 0 Å². The molecule has 1 N–H and O–H groups in total. The van der Waals surface area contributed by atoms with Crippen molar-refractivity contribution in [3.8, 4) is 5.88 Å². The molecule has 6 heteroatoms. The zero-order valence-corrected chi connectivity index (χ0v) is 16.1. The number of benzene rings is 1. The van der Waals surface area contributed by atoms with Gasteiger partial charge in [0, 0.05) is 43.4 Å². The molecule has 0 bridgehead atoms. The standard InChI is InChI=1S/C22H25N5O/c1-2-23-22(26-15-20-19-8-4-3-7-17(19)10-13-24-20)27-14-11-18(16-27)28-21-9-5-6-12-25-21/h3-10,12-13,18H,2,11,14-16H2,1H3,(H,23,26). The minimum atomic E-state index is 0.120. The van der Waals surface area contributed by atoms with E-state index in [1.54, 1.807) is 6.20 Å². The summed E-state index contributed by atoms with van der Waals surface area (Å²) in [6.45, 7) is 5.16. The smallest absolute Gasteiger partial charge is 0.213 e. The Balaban J connectivity index is 1.46. The molecule has 6 nitrogen and oxygen atoms in total. The summed E-state index contributed by atoms with van der Waals surface area (Å²) in [5.74, 6) is 1.58. The summed E-state index contributed by atoms with van der Waals surface area (Å²) in [5, 5.41) is 5.75. The van der Waals surface area contributed by atoms with Crippen LogP contribution in [0.1, 0.15) is 19.0 Å². The lowest BCUT2D eigenvalue weighted by molar-refractivity contribution is 0.205. The maximum atomic E-state index is 6.01. The first-order valence-corrected chi connectivity index (χ1v) is 9.77. The van der Waals surface area contributed by atoms with Crippen molar-refractivity contribution in [2.45, 2.75) is 26.0 Å². The van der Waals surface area contributed by atoms with Crippen molar-refractivity contribution in [1.29, 1.82) is 0 Å². The van der Waals surface area contributed by atoms with Crippen LogP contribution in [0.3, 0.4) is 0 Å². The Morgan fingerprint density at radius 2 is 2.04 bits per heavy atom. The normalized spacial score (nSPS) is 17.1. The predicted molar refractivity (Wildman–Crippen MR) is 111 cm³/mol. The number of aliphatic imine (C=N–C) groups is 1. The van der Waals surface area contributed by atoms with Crippen LogP contribution in [0.5, 0.6) is 5.88 Å². The monoisotopic (exact) mass is 375 g/mol. The lowest BCUT2D eigenvalue weighted by Gasteiger charge is -2.21. The number of ether oxygens (including phenoxy) is 1. The summed E-state index contributed by atoms with van der Waals surface area (Å²) in [6, 6.07) is 16.1. The zero-order chi connectivity index (χ0) is 19.2. The van der Waals surface area contributed by atoms with E-state index >= 15 is 0 Å². The van der Waals surface area contributed by atoms with Gasteiger partial charge in [0.1, 0.15) is 6.10 Å². The molecule has 1 atom stereocenters.